The van der Waals surface area contributed by atoms with Gasteiger partial charge in [-0.25, -0.2) is 14.4 Å². The van der Waals surface area contributed by atoms with E-state index in [0.717, 1.165) is 12.4 Å². The summed E-state index contributed by atoms with van der Waals surface area (Å²) in [5, 5.41) is 12.7. The van der Waals surface area contributed by atoms with Gasteiger partial charge in [-0.3, -0.25) is 0 Å². The Morgan fingerprint density at radius 2 is 2.13 bits per heavy atom. The summed E-state index contributed by atoms with van der Waals surface area (Å²) in [7, 11) is 0. The molecule has 1 aromatic rings. The fourth-order valence-electron chi connectivity index (χ4n) is 1.04. The largest absolute Gasteiger partial charge is 0.387 e. The second-order valence-corrected chi connectivity index (χ2v) is 4.37. The third kappa shape index (κ3) is 4.44. The van der Waals surface area contributed by atoms with Gasteiger partial charge >= 0.3 is 0 Å². The third-order valence-corrected chi connectivity index (χ3v) is 2.61. The summed E-state index contributed by atoms with van der Waals surface area (Å²) in [6.45, 7) is 2.06. The number of rotatable bonds is 5. The van der Waals surface area contributed by atoms with Crippen molar-refractivity contribution in [3.05, 3.63) is 18.2 Å². The van der Waals surface area contributed by atoms with Crippen LogP contribution in [0.1, 0.15) is 6.92 Å². The molecule has 0 spiro atoms. The van der Waals surface area contributed by atoms with E-state index < -0.39 is 11.4 Å². The molecule has 15 heavy (non-hydrogen) atoms. The van der Waals surface area contributed by atoms with Gasteiger partial charge in [0.1, 0.15) is 0 Å². The minimum Gasteiger partial charge on any atom is -0.387 e. The summed E-state index contributed by atoms with van der Waals surface area (Å²) in [6.07, 6.45) is 4.08. The molecule has 2 N–H and O–H groups in total. The van der Waals surface area contributed by atoms with Gasteiger partial charge in [0.15, 0.2) is 5.82 Å². The maximum atomic E-state index is 12.5. The van der Waals surface area contributed by atoms with Crippen LogP contribution in [0.5, 0.6) is 0 Å². The van der Waals surface area contributed by atoms with Gasteiger partial charge in [0.05, 0.1) is 18.0 Å². The molecule has 0 saturated heterocycles. The monoisotopic (exact) mass is 231 g/mol. The third-order valence-electron chi connectivity index (χ3n) is 1.70. The first-order valence-electron chi connectivity index (χ1n) is 4.46. The van der Waals surface area contributed by atoms with Crippen molar-refractivity contribution >= 4 is 17.7 Å². The Bertz CT molecular complexity index is 305. The maximum Gasteiger partial charge on any atom is 0.222 e. The molecule has 6 heteroatoms. The number of halogens is 1. The Labute approximate surface area is 92.3 Å². The molecule has 0 aliphatic rings. The Morgan fingerprint density at radius 1 is 1.53 bits per heavy atom. The molecule has 84 valence electrons. The van der Waals surface area contributed by atoms with Crippen molar-refractivity contribution in [2.75, 3.05) is 23.9 Å². The number of nitrogens with one attached hydrogen (secondary N) is 1. The van der Waals surface area contributed by atoms with E-state index in [1.807, 2.05) is 6.26 Å². The van der Waals surface area contributed by atoms with Crippen molar-refractivity contribution in [2.24, 2.45) is 0 Å². The molecule has 0 saturated carbocycles. The lowest BCUT2D eigenvalue weighted by molar-refractivity contribution is 0.0995. The summed E-state index contributed by atoms with van der Waals surface area (Å²) in [6, 6.07) is 0. The van der Waals surface area contributed by atoms with E-state index in [2.05, 4.69) is 15.3 Å². The first-order chi connectivity index (χ1) is 7.03. The first-order valence-corrected chi connectivity index (χ1v) is 5.85. The zero-order valence-electron chi connectivity index (χ0n) is 8.70. The number of thioether (sulfide) groups is 1. The molecule has 4 nitrogen and oxygen atoms in total. The van der Waals surface area contributed by atoms with E-state index in [1.54, 1.807) is 18.7 Å². The normalized spacial score (nSPS) is 14.7. The smallest absolute Gasteiger partial charge is 0.222 e. The molecular weight excluding hydrogens is 217 g/mol. The Kier molecular flexibility index (Phi) is 4.28. The number of aromatic nitrogens is 2. The van der Waals surface area contributed by atoms with Crippen molar-refractivity contribution < 1.29 is 9.50 Å². The van der Waals surface area contributed by atoms with Gasteiger partial charge in [0, 0.05) is 12.3 Å². The van der Waals surface area contributed by atoms with Crippen molar-refractivity contribution in [2.45, 2.75) is 12.5 Å². The number of nitrogens with zero attached hydrogens (tertiary/aromatic N) is 2. The number of aliphatic hydroxyl groups is 1. The topological polar surface area (TPSA) is 58.0 Å². The van der Waals surface area contributed by atoms with Gasteiger partial charge in [-0.2, -0.15) is 11.8 Å². The molecule has 0 aliphatic heterocycles. The van der Waals surface area contributed by atoms with Crippen molar-refractivity contribution in [1.82, 2.24) is 9.97 Å². The standard InChI is InChI=1S/C9H14FN3OS/c1-9(14,6-15-2)5-13-8-11-3-7(10)4-12-8/h3-4,14H,5-6H2,1-2H3,(H,11,12,13). The van der Waals surface area contributed by atoms with Crippen LogP contribution in [0.25, 0.3) is 0 Å². The zero-order valence-corrected chi connectivity index (χ0v) is 9.51. The highest BCUT2D eigenvalue weighted by Gasteiger charge is 2.19. The predicted molar refractivity (Wildman–Crippen MR) is 59.5 cm³/mol. The average Bonchev–Trinajstić information content (AvgIpc) is 2.17. The van der Waals surface area contributed by atoms with Crippen molar-refractivity contribution in [1.29, 1.82) is 0 Å². The van der Waals surface area contributed by atoms with Gasteiger partial charge in [0.2, 0.25) is 5.95 Å². The summed E-state index contributed by atoms with van der Waals surface area (Å²) in [5.74, 6) is 0.454. The highest BCUT2D eigenvalue weighted by molar-refractivity contribution is 7.98. The molecule has 1 atom stereocenters. The molecule has 0 fully saturated rings. The van der Waals surface area contributed by atoms with Crippen LogP contribution in [0, 0.1) is 5.82 Å². The number of hydrogen-bond donors (Lipinski definition) is 2. The van der Waals surface area contributed by atoms with E-state index >= 15 is 0 Å². The lowest BCUT2D eigenvalue weighted by Gasteiger charge is -2.22. The molecule has 0 bridgehead atoms. The highest BCUT2D eigenvalue weighted by atomic mass is 32.2. The maximum absolute atomic E-state index is 12.5. The molecule has 0 amide bonds. The molecular formula is C9H14FN3OS. The van der Waals surface area contributed by atoms with Crippen LogP contribution in [-0.4, -0.2) is 39.2 Å². The van der Waals surface area contributed by atoms with Gasteiger partial charge in [-0.05, 0) is 13.2 Å². The lowest BCUT2D eigenvalue weighted by atomic mass is 10.1. The molecule has 1 aromatic heterocycles. The number of anilines is 1. The summed E-state index contributed by atoms with van der Waals surface area (Å²) < 4.78 is 12.5. The fourth-order valence-corrected chi connectivity index (χ4v) is 1.76. The average molecular weight is 231 g/mol. The van der Waals surface area contributed by atoms with Crippen molar-refractivity contribution in [3.8, 4) is 0 Å². The van der Waals surface area contributed by atoms with Crippen LogP contribution in [0.2, 0.25) is 0 Å². The van der Waals surface area contributed by atoms with Crippen LogP contribution in [0.3, 0.4) is 0 Å². The van der Waals surface area contributed by atoms with Gasteiger partial charge in [0.25, 0.3) is 0 Å². The molecule has 0 aromatic carbocycles. The second-order valence-electron chi connectivity index (χ2n) is 3.51. The number of hydrogen-bond acceptors (Lipinski definition) is 5. The quantitative estimate of drug-likeness (QED) is 0.796. The van der Waals surface area contributed by atoms with Crippen LogP contribution >= 0.6 is 11.8 Å². The molecule has 1 heterocycles. The molecule has 1 unspecified atom stereocenters. The first kappa shape index (κ1) is 12.2. The Hall–Kier alpha value is -0.880. The second kappa shape index (κ2) is 5.27. The minimum atomic E-state index is -0.822. The van der Waals surface area contributed by atoms with Crippen LogP contribution in [0.15, 0.2) is 12.4 Å². The van der Waals surface area contributed by atoms with Gasteiger partial charge in [-0.1, -0.05) is 0 Å². The minimum absolute atomic E-state index is 0.317. The van der Waals surface area contributed by atoms with E-state index in [4.69, 9.17) is 0 Å². The Morgan fingerprint density at radius 3 is 2.67 bits per heavy atom. The van der Waals surface area contributed by atoms with Crippen LogP contribution < -0.4 is 5.32 Å². The molecule has 0 radical (unpaired) electrons. The van der Waals surface area contributed by atoms with Gasteiger partial charge in [-0.15, -0.1) is 0 Å². The Balaban J connectivity index is 2.46. The fraction of sp³-hybridized carbons (Fsp3) is 0.556. The van der Waals surface area contributed by atoms with E-state index in [9.17, 15) is 9.50 Å². The summed E-state index contributed by atoms with van der Waals surface area (Å²) in [5.41, 5.74) is -0.822. The van der Waals surface area contributed by atoms with Gasteiger partial charge < -0.3 is 10.4 Å². The summed E-state index contributed by atoms with van der Waals surface area (Å²) >= 11 is 1.56. The van der Waals surface area contributed by atoms with Crippen LogP contribution in [-0.2, 0) is 0 Å². The zero-order chi connectivity index (χ0) is 11.3. The predicted octanol–water partition coefficient (Wildman–Crippen LogP) is 1.14. The highest BCUT2D eigenvalue weighted by Crippen LogP contribution is 2.11. The van der Waals surface area contributed by atoms with Crippen molar-refractivity contribution in [3.63, 3.8) is 0 Å². The molecule has 1 rings (SSSR count). The lowest BCUT2D eigenvalue weighted by Crippen LogP contribution is -2.36. The van der Waals surface area contributed by atoms with E-state index in [0.29, 0.717) is 18.2 Å². The summed E-state index contributed by atoms with van der Waals surface area (Å²) in [4.78, 5) is 7.45. The van der Waals surface area contributed by atoms with E-state index in [-0.39, 0.29) is 0 Å². The van der Waals surface area contributed by atoms with Crippen LogP contribution in [0.4, 0.5) is 10.3 Å². The SMILES string of the molecule is CSCC(C)(O)CNc1ncc(F)cn1. The molecule has 0 aliphatic carbocycles. The van der Waals surface area contributed by atoms with E-state index in [1.165, 1.54) is 0 Å².